The Morgan fingerprint density at radius 1 is 0.404 bits per heavy atom. The molecule has 6 nitrogen and oxygen atoms in total. The minimum atomic E-state index is 0.559. The van der Waals surface area contributed by atoms with Gasteiger partial charge >= 0.3 is 0 Å². The summed E-state index contributed by atoms with van der Waals surface area (Å²) >= 11 is 1.85. The van der Waals surface area contributed by atoms with Gasteiger partial charge in [0.25, 0.3) is 0 Å². The lowest BCUT2D eigenvalue weighted by molar-refractivity contribution is 0.953. The summed E-state index contributed by atoms with van der Waals surface area (Å²) in [7, 11) is 0. The molecular weight excluding hydrogens is 657 g/mol. The summed E-state index contributed by atoms with van der Waals surface area (Å²) in [6.07, 6.45) is 7.15. The molecule has 0 aliphatic carbocycles. The van der Waals surface area contributed by atoms with Crippen molar-refractivity contribution in [1.82, 2.24) is 29.5 Å². The Hall–Kier alpha value is -6.83. The van der Waals surface area contributed by atoms with Crippen molar-refractivity contribution in [2.75, 3.05) is 0 Å². The fourth-order valence-electron chi connectivity index (χ4n) is 7.09. The van der Waals surface area contributed by atoms with Crippen LogP contribution in [-0.2, 0) is 0 Å². The number of rotatable bonds is 6. The first-order valence-corrected chi connectivity index (χ1v) is 17.9. The first-order valence-electron chi connectivity index (χ1n) is 17.1. The molecule has 0 atom stereocenters. The lowest BCUT2D eigenvalue weighted by Crippen LogP contribution is -2.06. The number of hydrogen-bond acceptors (Lipinski definition) is 6. The minimum Gasteiger partial charge on any atom is -0.278 e. The van der Waals surface area contributed by atoms with E-state index in [-0.39, 0.29) is 0 Å². The van der Waals surface area contributed by atoms with Crippen LogP contribution in [0.5, 0.6) is 0 Å². The molecule has 0 spiro atoms. The lowest BCUT2D eigenvalue weighted by Gasteiger charge is -2.11. The zero-order valence-electron chi connectivity index (χ0n) is 27.8. The van der Waals surface area contributed by atoms with E-state index in [9.17, 15) is 0 Å². The van der Waals surface area contributed by atoms with Gasteiger partial charge in [0.2, 0.25) is 5.95 Å². The van der Waals surface area contributed by atoms with E-state index in [2.05, 4.69) is 136 Å². The van der Waals surface area contributed by atoms with Gasteiger partial charge in [-0.2, -0.15) is 9.97 Å². The van der Waals surface area contributed by atoms with E-state index < -0.39 is 0 Å². The molecule has 10 rings (SSSR count). The molecule has 0 radical (unpaired) electrons. The van der Waals surface area contributed by atoms with Gasteiger partial charge in [0, 0.05) is 67.2 Å². The van der Waals surface area contributed by atoms with E-state index in [1.165, 1.54) is 37.0 Å². The number of benzene rings is 5. The smallest absolute Gasteiger partial charge is 0.238 e. The second kappa shape index (κ2) is 12.5. The highest BCUT2D eigenvalue weighted by Crippen LogP contribution is 2.49. The number of fused-ring (bicyclic) bond motifs is 5. The second-order valence-electron chi connectivity index (χ2n) is 12.6. The summed E-state index contributed by atoms with van der Waals surface area (Å²) < 4.78 is 3.43. The molecule has 0 aliphatic heterocycles. The molecule has 5 heterocycles. The molecule has 0 aliphatic rings. The van der Waals surface area contributed by atoms with Crippen LogP contribution in [0.4, 0.5) is 0 Å². The zero-order valence-corrected chi connectivity index (χ0v) is 28.6. The third-order valence-electron chi connectivity index (χ3n) is 9.51. The SMILES string of the molecule is c1ccc(-c2sc3c(ccc4c3c3ccccc3n4-c3nc(-c4ccncc4)nc(-c4ccc(-c5ccncc5)cc4)n3)c2-c2ccccc2)cc1. The molecule has 7 heteroatoms. The van der Waals surface area contributed by atoms with Crippen LogP contribution in [0.3, 0.4) is 0 Å². The Bertz CT molecular complexity index is 2870. The number of thiophene rings is 1. The van der Waals surface area contributed by atoms with Gasteiger partial charge in [-0.15, -0.1) is 11.3 Å². The quantitative estimate of drug-likeness (QED) is 0.174. The largest absolute Gasteiger partial charge is 0.278 e. The third-order valence-corrected chi connectivity index (χ3v) is 10.8. The normalized spacial score (nSPS) is 11.5. The van der Waals surface area contributed by atoms with Gasteiger partial charge in [-0.25, -0.2) is 4.98 Å². The number of para-hydroxylation sites is 1. The maximum atomic E-state index is 5.19. The van der Waals surface area contributed by atoms with Gasteiger partial charge in [0.05, 0.1) is 11.0 Å². The fraction of sp³-hybridized carbons (Fsp3) is 0. The lowest BCUT2D eigenvalue weighted by atomic mass is 9.98. The fourth-order valence-corrected chi connectivity index (χ4v) is 8.47. The van der Waals surface area contributed by atoms with Gasteiger partial charge < -0.3 is 0 Å². The molecule has 52 heavy (non-hydrogen) atoms. The molecule has 5 aromatic heterocycles. The first kappa shape index (κ1) is 30.0. The third kappa shape index (κ3) is 5.06. The van der Waals surface area contributed by atoms with Crippen molar-refractivity contribution < 1.29 is 0 Å². The van der Waals surface area contributed by atoms with E-state index in [0.29, 0.717) is 17.6 Å². The van der Waals surface area contributed by atoms with Crippen LogP contribution < -0.4 is 0 Å². The standard InChI is InChI=1S/C45H28N6S/c1-3-9-31(10-4-1)39-36-19-20-38-40(42(36)52-41(39)32-11-5-2-6-12-32)35-13-7-8-14-37(35)51(38)45-49-43(48-44(50-45)34-23-27-47-28-24-34)33-17-15-29(16-18-33)30-21-25-46-26-22-30/h1-28H. The highest BCUT2D eigenvalue weighted by Gasteiger charge is 2.23. The highest BCUT2D eigenvalue weighted by atomic mass is 32.1. The van der Waals surface area contributed by atoms with E-state index in [4.69, 9.17) is 15.0 Å². The second-order valence-corrected chi connectivity index (χ2v) is 13.6. The summed E-state index contributed by atoms with van der Waals surface area (Å²) in [4.78, 5) is 25.0. The van der Waals surface area contributed by atoms with Crippen molar-refractivity contribution in [2.45, 2.75) is 0 Å². The summed E-state index contributed by atoms with van der Waals surface area (Å²) in [5, 5.41) is 3.57. The van der Waals surface area contributed by atoms with Crippen molar-refractivity contribution in [1.29, 1.82) is 0 Å². The van der Waals surface area contributed by atoms with Crippen LogP contribution in [0.2, 0.25) is 0 Å². The Balaban J connectivity index is 1.23. The van der Waals surface area contributed by atoms with Crippen molar-refractivity contribution in [3.05, 3.63) is 170 Å². The van der Waals surface area contributed by atoms with Gasteiger partial charge in [-0.3, -0.25) is 14.5 Å². The molecule has 0 saturated heterocycles. The van der Waals surface area contributed by atoms with Crippen molar-refractivity contribution in [2.24, 2.45) is 0 Å². The molecule has 0 unspecified atom stereocenters. The van der Waals surface area contributed by atoms with Crippen LogP contribution in [-0.4, -0.2) is 29.5 Å². The van der Waals surface area contributed by atoms with Crippen LogP contribution in [0.25, 0.3) is 93.3 Å². The maximum Gasteiger partial charge on any atom is 0.238 e. The molecule has 10 aromatic rings. The molecule has 0 fully saturated rings. The van der Waals surface area contributed by atoms with E-state index >= 15 is 0 Å². The molecular formula is C45H28N6S. The van der Waals surface area contributed by atoms with Crippen LogP contribution in [0.15, 0.2) is 170 Å². The Morgan fingerprint density at radius 3 is 1.65 bits per heavy atom. The van der Waals surface area contributed by atoms with Crippen LogP contribution in [0, 0.1) is 0 Å². The van der Waals surface area contributed by atoms with Crippen molar-refractivity contribution >= 4 is 43.2 Å². The zero-order chi connectivity index (χ0) is 34.4. The van der Waals surface area contributed by atoms with Crippen molar-refractivity contribution in [3.63, 3.8) is 0 Å². The van der Waals surface area contributed by atoms with Gasteiger partial charge in [-0.1, -0.05) is 109 Å². The number of nitrogens with zero attached hydrogens (tertiary/aromatic N) is 6. The first-order chi connectivity index (χ1) is 25.8. The molecule has 0 saturated carbocycles. The molecule has 5 aromatic carbocycles. The van der Waals surface area contributed by atoms with E-state index in [1.54, 1.807) is 12.4 Å². The number of hydrogen-bond donors (Lipinski definition) is 0. The predicted molar refractivity (Wildman–Crippen MR) is 212 cm³/mol. The summed E-state index contributed by atoms with van der Waals surface area (Å²) in [6, 6.07) is 50.7. The topological polar surface area (TPSA) is 69.4 Å². The average molecular weight is 685 g/mol. The summed E-state index contributed by atoms with van der Waals surface area (Å²) in [5.74, 6) is 1.74. The number of pyridine rings is 2. The monoisotopic (exact) mass is 684 g/mol. The Morgan fingerprint density at radius 2 is 0.962 bits per heavy atom. The molecule has 0 amide bonds. The van der Waals surface area contributed by atoms with E-state index in [1.807, 2.05) is 48.0 Å². The summed E-state index contributed by atoms with van der Waals surface area (Å²) in [5.41, 5.74) is 9.71. The number of aromatic nitrogens is 6. The highest BCUT2D eigenvalue weighted by molar-refractivity contribution is 7.24. The van der Waals surface area contributed by atoms with Crippen LogP contribution >= 0.6 is 11.3 Å². The Labute approximate surface area is 303 Å². The molecule has 0 bridgehead atoms. The molecule has 0 N–H and O–H groups in total. The average Bonchev–Trinajstić information content (AvgIpc) is 3.79. The van der Waals surface area contributed by atoms with Crippen LogP contribution in [0.1, 0.15) is 0 Å². The van der Waals surface area contributed by atoms with Gasteiger partial charge in [0.1, 0.15) is 0 Å². The van der Waals surface area contributed by atoms with Crippen molar-refractivity contribution in [3.8, 4) is 61.4 Å². The molecule has 244 valence electrons. The van der Waals surface area contributed by atoms with E-state index in [0.717, 1.165) is 38.7 Å². The maximum absolute atomic E-state index is 5.19. The van der Waals surface area contributed by atoms with Gasteiger partial charge in [0.15, 0.2) is 11.6 Å². The van der Waals surface area contributed by atoms with Gasteiger partial charge in [-0.05, 0) is 58.7 Å². The predicted octanol–water partition coefficient (Wildman–Crippen LogP) is 11.3. The minimum absolute atomic E-state index is 0.559. The Kier molecular flexibility index (Phi) is 7.22. The summed E-state index contributed by atoms with van der Waals surface area (Å²) in [6.45, 7) is 0.